The van der Waals surface area contributed by atoms with Crippen LogP contribution in [0, 0.1) is 5.41 Å². The lowest BCUT2D eigenvalue weighted by Gasteiger charge is -2.36. The molecule has 0 spiro atoms. The van der Waals surface area contributed by atoms with Crippen LogP contribution in [0.1, 0.15) is 39.2 Å². The molecule has 1 aromatic rings. The van der Waals surface area contributed by atoms with Crippen molar-refractivity contribution in [3.05, 3.63) is 22.8 Å². The zero-order valence-electron chi connectivity index (χ0n) is 13.9. The molecule has 8 heteroatoms. The Morgan fingerprint density at radius 2 is 1.88 bits per heavy atom. The van der Waals surface area contributed by atoms with Crippen LogP contribution in [0.2, 0.25) is 5.02 Å². The minimum Gasteiger partial charge on any atom is -0.366 e. The quantitative estimate of drug-likeness (QED) is 0.856. The molecule has 1 amide bonds. The van der Waals surface area contributed by atoms with E-state index in [0.717, 1.165) is 12.3 Å². The number of carbonyl (C=O) groups excluding carboxylic acids is 1. The van der Waals surface area contributed by atoms with Crippen LogP contribution in [-0.4, -0.2) is 34.9 Å². The van der Waals surface area contributed by atoms with E-state index in [1.165, 1.54) is 0 Å². The number of nitrogens with zero attached hydrogens (tertiary/aromatic N) is 2. The van der Waals surface area contributed by atoms with Gasteiger partial charge in [0.05, 0.1) is 10.6 Å². The van der Waals surface area contributed by atoms with Crippen LogP contribution in [0.5, 0.6) is 0 Å². The normalized spacial score (nSPS) is 17.0. The zero-order chi connectivity index (χ0) is 18.1. The molecule has 0 atom stereocenters. The second-order valence-corrected chi connectivity index (χ2v) is 7.42. The van der Waals surface area contributed by atoms with Crippen molar-refractivity contribution in [1.82, 2.24) is 9.88 Å². The molecule has 24 heavy (non-hydrogen) atoms. The number of pyridine rings is 1. The Balaban J connectivity index is 1.96. The van der Waals surface area contributed by atoms with Crippen molar-refractivity contribution in [3.8, 4) is 0 Å². The predicted molar refractivity (Wildman–Crippen MR) is 86.9 cm³/mol. The number of hydrogen-bond acceptors (Lipinski definition) is 3. The number of rotatable bonds is 2. The van der Waals surface area contributed by atoms with Gasteiger partial charge in [-0.1, -0.05) is 32.4 Å². The summed E-state index contributed by atoms with van der Waals surface area (Å²) < 4.78 is 37.8. The Morgan fingerprint density at radius 1 is 1.29 bits per heavy atom. The molecule has 1 N–H and O–H groups in total. The van der Waals surface area contributed by atoms with E-state index in [1.54, 1.807) is 0 Å². The molecule has 1 saturated heterocycles. The summed E-state index contributed by atoms with van der Waals surface area (Å²) in [5.74, 6) is 0.344. The van der Waals surface area contributed by atoms with Gasteiger partial charge < -0.3 is 10.2 Å². The van der Waals surface area contributed by atoms with Gasteiger partial charge in [0, 0.05) is 30.7 Å². The minimum absolute atomic E-state index is 0.0238. The van der Waals surface area contributed by atoms with Crippen molar-refractivity contribution in [2.75, 3.05) is 18.4 Å². The van der Waals surface area contributed by atoms with E-state index in [4.69, 9.17) is 11.6 Å². The summed E-state index contributed by atoms with van der Waals surface area (Å²) in [6.45, 7) is 6.85. The van der Waals surface area contributed by atoms with Gasteiger partial charge in [0.25, 0.3) is 0 Å². The van der Waals surface area contributed by atoms with Crippen LogP contribution in [0.3, 0.4) is 0 Å². The van der Waals surface area contributed by atoms with E-state index in [-0.39, 0.29) is 22.8 Å². The highest BCUT2D eigenvalue weighted by Crippen LogP contribution is 2.33. The maximum Gasteiger partial charge on any atom is 0.417 e. The molecular weight excluding hydrogens is 343 g/mol. The number of anilines is 1. The summed E-state index contributed by atoms with van der Waals surface area (Å²) >= 11 is 5.90. The zero-order valence-corrected chi connectivity index (χ0v) is 14.6. The van der Waals surface area contributed by atoms with Crippen molar-refractivity contribution in [3.63, 3.8) is 0 Å². The van der Waals surface area contributed by atoms with Crippen molar-refractivity contribution in [2.45, 2.75) is 45.8 Å². The number of aromatic nitrogens is 1. The first kappa shape index (κ1) is 18.8. The lowest BCUT2D eigenvalue weighted by molar-refractivity contribution is -0.140. The van der Waals surface area contributed by atoms with E-state index in [0.29, 0.717) is 25.9 Å². The minimum atomic E-state index is -4.46. The Labute approximate surface area is 144 Å². The molecule has 0 saturated carbocycles. The summed E-state index contributed by atoms with van der Waals surface area (Å²) in [4.78, 5) is 17.8. The highest BCUT2D eigenvalue weighted by Gasteiger charge is 2.33. The smallest absolute Gasteiger partial charge is 0.366 e. The molecule has 0 radical (unpaired) electrons. The summed E-state index contributed by atoms with van der Waals surface area (Å²) in [6, 6.07) is 0.894. The van der Waals surface area contributed by atoms with E-state index in [9.17, 15) is 18.0 Å². The van der Waals surface area contributed by atoms with Gasteiger partial charge in [0.2, 0.25) is 5.91 Å². The van der Waals surface area contributed by atoms with Crippen LogP contribution in [0.25, 0.3) is 0 Å². The number of carbonyl (C=O) groups is 1. The maximum absolute atomic E-state index is 12.6. The monoisotopic (exact) mass is 363 g/mol. The number of halogens is 4. The first-order chi connectivity index (χ1) is 11.0. The van der Waals surface area contributed by atoms with E-state index >= 15 is 0 Å². The number of hydrogen-bond donors (Lipinski definition) is 1. The predicted octanol–water partition coefficient (Wildman–Crippen LogP) is 4.20. The van der Waals surface area contributed by atoms with Crippen molar-refractivity contribution in [1.29, 1.82) is 0 Å². The van der Waals surface area contributed by atoms with Crippen LogP contribution >= 0.6 is 11.6 Å². The third-order valence-electron chi connectivity index (χ3n) is 3.93. The fraction of sp³-hybridized carbons (Fsp3) is 0.625. The molecule has 1 aliphatic heterocycles. The Bertz CT molecular complexity index is 606. The molecule has 0 bridgehead atoms. The molecule has 0 aromatic carbocycles. The van der Waals surface area contributed by atoms with Gasteiger partial charge in [-0.15, -0.1) is 0 Å². The number of likely N-dealkylation sites (tertiary alicyclic amines) is 1. The topological polar surface area (TPSA) is 45.2 Å². The Kier molecular flexibility index (Phi) is 5.32. The Hall–Kier alpha value is -1.50. The van der Waals surface area contributed by atoms with Gasteiger partial charge in [-0.3, -0.25) is 4.79 Å². The van der Waals surface area contributed by atoms with Gasteiger partial charge in [-0.05, 0) is 18.9 Å². The SMILES string of the molecule is CC(C)(C)C(=O)N1CCC(Nc2ncc(C(F)(F)F)cc2Cl)CC1. The molecule has 1 aliphatic rings. The second-order valence-electron chi connectivity index (χ2n) is 7.01. The molecule has 2 heterocycles. The van der Waals surface area contributed by atoms with E-state index in [2.05, 4.69) is 10.3 Å². The van der Waals surface area contributed by atoms with Crippen LogP contribution < -0.4 is 5.32 Å². The molecule has 1 aromatic heterocycles. The van der Waals surface area contributed by atoms with E-state index in [1.807, 2.05) is 25.7 Å². The van der Waals surface area contributed by atoms with Crippen LogP contribution in [-0.2, 0) is 11.0 Å². The lowest BCUT2D eigenvalue weighted by Crippen LogP contribution is -2.46. The average molecular weight is 364 g/mol. The summed E-state index contributed by atoms with van der Waals surface area (Å²) in [6.07, 6.45) is -2.30. The third kappa shape index (κ3) is 4.53. The summed E-state index contributed by atoms with van der Waals surface area (Å²) in [5.41, 5.74) is -1.29. The number of amides is 1. The fourth-order valence-electron chi connectivity index (χ4n) is 2.59. The first-order valence-electron chi connectivity index (χ1n) is 7.77. The molecule has 4 nitrogen and oxygen atoms in total. The fourth-order valence-corrected chi connectivity index (χ4v) is 2.81. The molecular formula is C16H21ClF3N3O. The average Bonchev–Trinajstić information content (AvgIpc) is 2.47. The maximum atomic E-state index is 12.6. The molecule has 2 rings (SSSR count). The van der Waals surface area contributed by atoms with Crippen LogP contribution in [0.4, 0.5) is 19.0 Å². The molecule has 134 valence electrons. The second kappa shape index (κ2) is 6.78. The number of nitrogens with one attached hydrogen (secondary N) is 1. The molecule has 0 unspecified atom stereocenters. The summed E-state index contributed by atoms with van der Waals surface area (Å²) in [7, 11) is 0. The standard InChI is InChI=1S/C16H21ClF3N3O/c1-15(2,3)14(24)23-6-4-11(5-7-23)22-13-12(17)8-10(9-21-13)16(18,19)20/h8-9,11H,4-7H2,1-3H3,(H,21,22). The Morgan fingerprint density at radius 3 is 2.33 bits per heavy atom. The lowest BCUT2D eigenvalue weighted by atomic mass is 9.93. The van der Waals surface area contributed by atoms with Gasteiger partial charge in [-0.25, -0.2) is 4.98 Å². The van der Waals surface area contributed by atoms with E-state index < -0.39 is 17.2 Å². The van der Waals surface area contributed by atoms with Gasteiger partial charge >= 0.3 is 6.18 Å². The first-order valence-corrected chi connectivity index (χ1v) is 8.15. The highest BCUT2D eigenvalue weighted by atomic mass is 35.5. The van der Waals surface area contributed by atoms with Crippen LogP contribution in [0.15, 0.2) is 12.3 Å². The molecule has 0 aliphatic carbocycles. The highest BCUT2D eigenvalue weighted by molar-refractivity contribution is 6.33. The third-order valence-corrected chi connectivity index (χ3v) is 4.22. The van der Waals surface area contributed by atoms with Crippen molar-refractivity contribution < 1.29 is 18.0 Å². The van der Waals surface area contributed by atoms with Crippen molar-refractivity contribution >= 4 is 23.3 Å². The number of piperidine rings is 1. The largest absolute Gasteiger partial charge is 0.417 e. The summed E-state index contributed by atoms with van der Waals surface area (Å²) in [5, 5.41) is 3.02. The number of alkyl halides is 3. The molecule has 1 fully saturated rings. The van der Waals surface area contributed by atoms with Gasteiger partial charge in [0.1, 0.15) is 5.82 Å². The van der Waals surface area contributed by atoms with Crippen molar-refractivity contribution in [2.24, 2.45) is 5.41 Å². The van der Waals surface area contributed by atoms with Gasteiger partial charge in [0.15, 0.2) is 0 Å². The van der Waals surface area contributed by atoms with Gasteiger partial charge in [-0.2, -0.15) is 13.2 Å².